The molecule has 0 aliphatic carbocycles. The Labute approximate surface area is 112 Å². The molecule has 0 saturated carbocycles. The highest BCUT2D eigenvalue weighted by Crippen LogP contribution is 2.29. The van der Waals surface area contributed by atoms with E-state index in [1.165, 1.54) is 5.56 Å². The number of aryl methyl sites for hydroxylation is 1. The van der Waals surface area contributed by atoms with Crippen molar-refractivity contribution >= 4 is 11.6 Å². The highest BCUT2D eigenvalue weighted by atomic mass is 35.5. The van der Waals surface area contributed by atoms with Crippen molar-refractivity contribution in [1.29, 1.82) is 0 Å². The molecule has 1 aliphatic rings. The monoisotopic (exact) mass is 261 g/mol. The maximum atomic E-state index is 6.22. The molecule has 1 atom stereocenters. The van der Waals surface area contributed by atoms with E-state index in [1.54, 1.807) is 0 Å². The van der Waals surface area contributed by atoms with Crippen LogP contribution in [0.1, 0.15) is 17.7 Å². The minimum Gasteiger partial charge on any atom is -0.327 e. The molecule has 0 saturated heterocycles. The van der Waals surface area contributed by atoms with E-state index in [-0.39, 0.29) is 6.04 Å². The second kappa shape index (κ2) is 4.41. The molecule has 1 aliphatic heterocycles. The van der Waals surface area contributed by atoms with Gasteiger partial charge < -0.3 is 10.3 Å². The van der Waals surface area contributed by atoms with E-state index in [2.05, 4.69) is 40.7 Å². The van der Waals surface area contributed by atoms with Gasteiger partial charge in [-0.25, -0.2) is 4.98 Å². The smallest absolute Gasteiger partial charge is 0.151 e. The zero-order valence-electron chi connectivity index (χ0n) is 10.4. The molecule has 0 radical (unpaired) electrons. The third kappa shape index (κ3) is 1.93. The molecule has 0 spiro atoms. The first-order valence-electron chi connectivity index (χ1n) is 6.22. The van der Waals surface area contributed by atoms with Gasteiger partial charge in [-0.05, 0) is 13.3 Å². The Morgan fingerprint density at radius 1 is 1.33 bits per heavy atom. The minimum absolute atomic E-state index is 0.206. The van der Waals surface area contributed by atoms with Gasteiger partial charge in [0.1, 0.15) is 5.82 Å². The van der Waals surface area contributed by atoms with Crippen LogP contribution < -0.4 is 5.73 Å². The molecule has 2 heterocycles. The van der Waals surface area contributed by atoms with Gasteiger partial charge in [-0.15, -0.1) is 0 Å². The first-order chi connectivity index (χ1) is 8.65. The van der Waals surface area contributed by atoms with Crippen LogP contribution in [0.15, 0.2) is 24.3 Å². The molecule has 2 N–H and O–H groups in total. The lowest BCUT2D eigenvalue weighted by molar-refractivity contribution is 0.475. The van der Waals surface area contributed by atoms with Crippen molar-refractivity contribution in [3.63, 3.8) is 0 Å². The Morgan fingerprint density at radius 3 is 2.78 bits per heavy atom. The van der Waals surface area contributed by atoms with Gasteiger partial charge in [0.15, 0.2) is 5.15 Å². The Hall–Kier alpha value is -1.32. The van der Waals surface area contributed by atoms with E-state index in [4.69, 9.17) is 17.3 Å². The highest BCUT2D eigenvalue weighted by Gasteiger charge is 2.23. The first kappa shape index (κ1) is 11.8. The number of halogens is 1. The summed E-state index contributed by atoms with van der Waals surface area (Å²) in [6.45, 7) is 2.98. The van der Waals surface area contributed by atoms with Gasteiger partial charge in [-0.1, -0.05) is 41.4 Å². The Bertz CT molecular complexity index is 571. The fraction of sp³-hybridized carbons (Fsp3) is 0.357. The summed E-state index contributed by atoms with van der Waals surface area (Å²) >= 11 is 6.22. The SMILES string of the molecule is Cc1ccc(-c2nc(Cl)c3n2CCC(N)C3)cc1. The van der Waals surface area contributed by atoms with Gasteiger partial charge in [0.2, 0.25) is 0 Å². The Morgan fingerprint density at radius 2 is 2.06 bits per heavy atom. The summed E-state index contributed by atoms with van der Waals surface area (Å²) < 4.78 is 2.20. The molecule has 0 fully saturated rings. The van der Waals surface area contributed by atoms with Gasteiger partial charge in [0.25, 0.3) is 0 Å². The van der Waals surface area contributed by atoms with Crippen LogP contribution in [0.25, 0.3) is 11.4 Å². The molecule has 0 bridgehead atoms. The van der Waals surface area contributed by atoms with Crippen LogP contribution in [0.5, 0.6) is 0 Å². The van der Waals surface area contributed by atoms with E-state index < -0.39 is 0 Å². The van der Waals surface area contributed by atoms with Crippen molar-refractivity contribution in [2.24, 2.45) is 5.73 Å². The molecule has 94 valence electrons. The standard InChI is InChI=1S/C14H16ClN3/c1-9-2-4-10(5-3-9)14-17-13(15)12-8-11(16)6-7-18(12)14/h2-5,11H,6-8,16H2,1H3. The molecule has 1 aromatic heterocycles. The second-order valence-corrected chi connectivity index (χ2v) is 5.30. The van der Waals surface area contributed by atoms with Crippen molar-refractivity contribution < 1.29 is 0 Å². The maximum Gasteiger partial charge on any atom is 0.151 e. The lowest BCUT2D eigenvalue weighted by Crippen LogP contribution is -2.30. The number of hydrogen-bond donors (Lipinski definition) is 1. The fourth-order valence-corrected chi connectivity index (χ4v) is 2.72. The van der Waals surface area contributed by atoms with E-state index in [9.17, 15) is 0 Å². The molecular weight excluding hydrogens is 246 g/mol. The lowest BCUT2D eigenvalue weighted by Gasteiger charge is -2.22. The average Bonchev–Trinajstić information content (AvgIpc) is 2.68. The number of nitrogens with two attached hydrogens (primary N) is 1. The van der Waals surface area contributed by atoms with E-state index in [0.29, 0.717) is 5.15 Å². The summed E-state index contributed by atoms with van der Waals surface area (Å²) in [6, 6.07) is 8.59. The predicted octanol–water partition coefficient (Wildman–Crippen LogP) is 2.79. The minimum atomic E-state index is 0.206. The van der Waals surface area contributed by atoms with Crippen molar-refractivity contribution in [3.05, 3.63) is 40.7 Å². The zero-order chi connectivity index (χ0) is 12.7. The maximum absolute atomic E-state index is 6.22. The first-order valence-corrected chi connectivity index (χ1v) is 6.60. The third-order valence-corrected chi connectivity index (χ3v) is 3.82. The number of imidazole rings is 1. The summed E-state index contributed by atoms with van der Waals surface area (Å²) in [5.74, 6) is 0.960. The van der Waals surface area contributed by atoms with E-state index >= 15 is 0 Å². The van der Waals surface area contributed by atoms with Gasteiger partial charge in [0, 0.05) is 24.6 Å². The number of aromatic nitrogens is 2. The van der Waals surface area contributed by atoms with Crippen LogP contribution >= 0.6 is 11.6 Å². The number of benzene rings is 1. The molecule has 1 unspecified atom stereocenters. The molecule has 18 heavy (non-hydrogen) atoms. The largest absolute Gasteiger partial charge is 0.327 e. The second-order valence-electron chi connectivity index (χ2n) is 4.94. The van der Waals surface area contributed by atoms with Crippen LogP contribution in [-0.2, 0) is 13.0 Å². The Balaban J connectivity index is 2.08. The average molecular weight is 262 g/mol. The lowest BCUT2D eigenvalue weighted by atomic mass is 10.1. The van der Waals surface area contributed by atoms with Crippen molar-refractivity contribution in [3.8, 4) is 11.4 Å². The summed E-state index contributed by atoms with van der Waals surface area (Å²) in [4.78, 5) is 4.50. The molecule has 4 heteroatoms. The summed E-state index contributed by atoms with van der Waals surface area (Å²) in [7, 11) is 0. The number of hydrogen-bond acceptors (Lipinski definition) is 2. The molecule has 1 aromatic carbocycles. The fourth-order valence-electron chi connectivity index (χ4n) is 2.46. The van der Waals surface area contributed by atoms with Crippen LogP contribution in [-0.4, -0.2) is 15.6 Å². The molecule has 3 nitrogen and oxygen atoms in total. The molecular formula is C14H16ClN3. The van der Waals surface area contributed by atoms with E-state index in [1.807, 2.05) is 0 Å². The van der Waals surface area contributed by atoms with Gasteiger partial charge in [0.05, 0.1) is 5.69 Å². The number of nitrogens with zero attached hydrogens (tertiary/aromatic N) is 2. The third-order valence-electron chi connectivity index (χ3n) is 3.51. The van der Waals surface area contributed by atoms with Gasteiger partial charge in [-0.3, -0.25) is 0 Å². The summed E-state index contributed by atoms with van der Waals surface area (Å²) in [6.07, 6.45) is 1.80. The predicted molar refractivity (Wildman–Crippen MR) is 73.7 cm³/mol. The molecule has 3 rings (SSSR count). The van der Waals surface area contributed by atoms with Gasteiger partial charge in [-0.2, -0.15) is 0 Å². The summed E-state index contributed by atoms with van der Waals surface area (Å²) in [5, 5.41) is 0.598. The molecule has 2 aromatic rings. The van der Waals surface area contributed by atoms with Crippen molar-refractivity contribution in [2.45, 2.75) is 32.4 Å². The van der Waals surface area contributed by atoms with Gasteiger partial charge >= 0.3 is 0 Å². The highest BCUT2D eigenvalue weighted by molar-refractivity contribution is 6.30. The normalized spacial score (nSPS) is 18.7. The number of rotatable bonds is 1. The zero-order valence-corrected chi connectivity index (χ0v) is 11.1. The van der Waals surface area contributed by atoms with Crippen molar-refractivity contribution in [2.75, 3.05) is 0 Å². The summed E-state index contributed by atoms with van der Waals surface area (Å²) in [5.41, 5.74) is 9.42. The van der Waals surface area contributed by atoms with Crippen molar-refractivity contribution in [1.82, 2.24) is 9.55 Å². The van der Waals surface area contributed by atoms with E-state index in [0.717, 1.165) is 36.5 Å². The Kier molecular flexibility index (Phi) is 2.88. The quantitative estimate of drug-likeness (QED) is 0.858. The van der Waals surface area contributed by atoms with Crippen LogP contribution in [0.4, 0.5) is 0 Å². The topological polar surface area (TPSA) is 43.8 Å². The number of fused-ring (bicyclic) bond motifs is 1. The van der Waals surface area contributed by atoms with Crippen LogP contribution in [0.3, 0.4) is 0 Å². The molecule has 0 amide bonds. The van der Waals surface area contributed by atoms with Crippen LogP contribution in [0, 0.1) is 6.92 Å². The van der Waals surface area contributed by atoms with Crippen LogP contribution in [0.2, 0.25) is 5.15 Å².